The van der Waals surface area contributed by atoms with E-state index in [2.05, 4.69) is 6.92 Å². The molecule has 0 N–H and O–H groups in total. The molecular formula is C8H16NaO2. The fourth-order valence-corrected chi connectivity index (χ4v) is 0.609. The van der Waals surface area contributed by atoms with E-state index in [1.165, 1.54) is 0 Å². The van der Waals surface area contributed by atoms with Crippen LogP contribution in [0.2, 0.25) is 0 Å². The van der Waals surface area contributed by atoms with Gasteiger partial charge in [-0.25, -0.2) is 0 Å². The third-order valence-corrected chi connectivity index (χ3v) is 1.20. The van der Waals surface area contributed by atoms with Gasteiger partial charge in [0.2, 0.25) is 0 Å². The number of carbonyl (C=O) groups excluding carboxylic acids is 1. The van der Waals surface area contributed by atoms with Crippen molar-refractivity contribution in [3.63, 3.8) is 0 Å². The Kier molecular flexibility index (Phi) is 13.3. The molecule has 2 nitrogen and oxygen atoms in total. The Bertz CT molecular complexity index is 84.1. The summed E-state index contributed by atoms with van der Waals surface area (Å²) in [4.78, 5) is 10.7. The van der Waals surface area contributed by atoms with Crippen LogP contribution in [0.1, 0.15) is 39.5 Å². The summed E-state index contributed by atoms with van der Waals surface area (Å²) in [7, 11) is 0. The number of hydrogen-bond acceptors (Lipinski definition) is 2. The summed E-state index contributed by atoms with van der Waals surface area (Å²) in [6.45, 7) is 4.63. The van der Waals surface area contributed by atoms with Crippen LogP contribution >= 0.6 is 0 Å². The van der Waals surface area contributed by atoms with Crippen molar-refractivity contribution in [2.75, 3.05) is 6.61 Å². The molecule has 0 unspecified atom stereocenters. The quantitative estimate of drug-likeness (QED) is 0.460. The first-order chi connectivity index (χ1) is 4.81. The van der Waals surface area contributed by atoms with Crippen LogP contribution in [0.15, 0.2) is 0 Å². The average Bonchev–Trinajstić information content (AvgIpc) is 1.97. The zero-order chi connectivity index (χ0) is 7.82. The second kappa shape index (κ2) is 10.5. The minimum Gasteiger partial charge on any atom is -0.466 e. The monoisotopic (exact) mass is 167 g/mol. The SMILES string of the molecule is CCCCC(=O)OCCC.[Na]. The molecule has 3 heteroatoms. The normalized spacial score (nSPS) is 8.55. The Morgan fingerprint density at radius 1 is 1.27 bits per heavy atom. The summed E-state index contributed by atoms with van der Waals surface area (Å²) in [5.74, 6) is -0.0521. The third-order valence-electron chi connectivity index (χ3n) is 1.20. The van der Waals surface area contributed by atoms with Crippen LogP contribution in [-0.4, -0.2) is 42.1 Å². The van der Waals surface area contributed by atoms with Crippen molar-refractivity contribution in [2.24, 2.45) is 0 Å². The summed E-state index contributed by atoms with van der Waals surface area (Å²) in [5.41, 5.74) is 0. The summed E-state index contributed by atoms with van der Waals surface area (Å²) in [5, 5.41) is 0. The van der Waals surface area contributed by atoms with Gasteiger partial charge in [-0.1, -0.05) is 20.3 Å². The van der Waals surface area contributed by atoms with Gasteiger partial charge in [0.25, 0.3) is 0 Å². The zero-order valence-corrected chi connectivity index (χ0v) is 9.85. The predicted molar refractivity (Wildman–Crippen MR) is 46.5 cm³/mol. The number of hydrogen-bond donors (Lipinski definition) is 0. The van der Waals surface area contributed by atoms with Crippen molar-refractivity contribution in [1.82, 2.24) is 0 Å². The first-order valence-electron chi connectivity index (χ1n) is 3.96. The molecule has 0 bridgehead atoms. The minimum atomic E-state index is -0.0521. The molecule has 0 amide bonds. The van der Waals surface area contributed by atoms with E-state index < -0.39 is 0 Å². The number of rotatable bonds is 5. The number of unbranched alkanes of at least 4 members (excludes halogenated alkanes) is 1. The number of esters is 1. The van der Waals surface area contributed by atoms with Crippen LogP contribution in [0.3, 0.4) is 0 Å². The van der Waals surface area contributed by atoms with Gasteiger partial charge < -0.3 is 4.74 Å². The van der Waals surface area contributed by atoms with Crippen molar-refractivity contribution in [3.05, 3.63) is 0 Å². The van der Waals surface area contributed by atoms with E-state index in [-0.39, 0.29) is 35.5 Å². The maximum Gasteiger partial charge on any atom is 0.305 e. The summed E-state index contributed by atoms with van der Waals surface area (Å²) in [6.07, 6.45) is 3.50. The molecule has 0 fully saturated rings. The van der Waals surface area contributed by atoms with Crippen molar-refractivity contribution >= 4 is 35.5 Å². The Balaban J connectivity index is 0. The van der Waals surface area contributed by atoms with Gasteiger partial charge in [0.15, 0.2) is 0 Å². The van der Waals surface area contributed by atoms with E-state index in [1.54, 1.807) is 0 Å². The molecule has 0 aliphatic rings. The predicted octanol–water partition coefficient (Wildman–Crippen LogP) is 1.75. The van der Waals surface area contributed by atoms with Gasteiger partial charge in [-0.05, 0) is 12.8 Å². The van der Waals surface area contributed by atoms with Gasteiger partial charge in [-0.15, -0.1) is 0 Å². The number of carbonyl (C=O) groups is 1. The molecule has 61 valence electrons. The summed E-state index contributed by atoms with van der Waals surface area (Å²) in [6, 6.07) is 0. The largest absolute Gasteiger partial charge is 0.466 e. The smallest absolute Gasteiger partial charge is 0.305 e. The van der Waals surface area contributed by atoms with Crippen LogP contribution in [0.4, 0.5) is 0 Å². The topological polar surface area (TPSA) is 26.3 Å². The van der Waals surface area contributed by atoms with E-state index in [0.717, 1.165) is 19.3 Å². The van der Waals surface area contributed by atoms with Gasteiger partial charge in [0.1, 0.15) is 0 Å². The molecule has 0 saturated carbocycles. The molecule has 0 aromatic heterocycles. The van der Waals surface area contributed by atoms with E-state index in [9.17, 15) is 4.79 Å². The average molecular weight is 167 g/mol. The van der Waals surface area contributed by atoms with E-state index in [1.807, 2.05) is 6.92 Å². The first kappa shape index (κ1) is 14.0. The van der Waals surface area contributed by atoms with Crippen LogP contribution < -0.4 is 0 Å². The summed E-state index contributed by atoms with van der Waals surface area (Å²) >= 11 is 0. The Hall–Kier alpha value is 0.470. The first-order valence-corrected chi connectivity index (χ1v) is 3.96. The second-order valence-corrected chi connectivity index (χ2v) is 2.32. The Morgan fingerprint density at radius 3 is 2.36 bits per heavy atom. The molecule has 0 aliphatic carbocycles. The fourth-order valence-electron chi connectivity index (χ4n) is 0.609. The Labute approximate surface area is 91.0 Å². The van der Waals surface area contributed by atoms with Gasteiger partial charge in [0, 0.05) is 36.0 Å². The van der Waals surface area contributed by atoms with Gasteiger partial charge >= 0.3 is 5.97 Å². The molecule has 1 radical (unpaired) electrons. The Morgan fingerprint density at radius 2 is 1.91 bits per heavy atom. The molecule has 0 heterocycles. The zero-order valence-electron chi connectivity index (χ0n) is 7.85. The van der Waals surface area contributed by atoms with Gasteiger partial charge in [-0.2, -0.15) is 0 Å². The maximum atomic E-state index is 10.7. The maximum absolute atomic E-state index is 10.7. The van der Waals surface area contributed by atoms with Crippen LogP contribution in [0.25, 0.3) is 0 Å². The van der Waals surface area contributed by atoms with E-state index in [0.29, 0.717) is 13.0 Å². The second-order valence-electron chi connectivity index (χ2n) is 2.32. The third kappa shape index (κ3) is 10.5. The van der Waals surface area contributed by atoms with Crippen LogP contribution in [0, 0.1) is 0 Å². The van der Waals surface area contributed by atoms with Crippen LogP contribution in [0.5, 0.6) is 0 Å². The molecule has 0 rings (SSSR count). The van der Waals surface area contributed by atoms with Crippen molar-refractivity contribution < 1.29 is 9.53 Å². The van der Waals surface area contributed by atoms with E-state index in [4.69, 9.17) is 4.74 Å². The molecule has 0 saturated heterocycles. The molecule has 0 aliphatic heterocycles. The van der Waals surface area contributed by atoms with Gasteiger partial charge in [0.05, 0.1) is 6.61 Å². The molecular weight excluding hydrogens is 151 g/mol. The van der Waals surface area contributed by atoms with Crippen molar-refractivity contribution in [2.45, 2.75) is 39.5 Å². The minimum absolute atomic E-state index is 0. The van der Waals surface area contributed by atoms with Crippen molar-refractivity contribution in [3.8, 4) is 0 Å². The number of ether oxygens (including phenoxy) is 1. The van der Waals surface area contributed by atoms with Crippen LogP contribution in [-0.2, 0) is 9.53 Å². The molecule has 11 heavy (non-hydrogen) atoms. The molecule has 0 spiro atoms. The molecule has 0 aromatic carbocycles. The fraction of sp³-hybridized carbons (Fsp3) is 0.875. The molecule has 0 aromatic rings. The van der Waals surface area contributed by atoms with Gasteiger partial charge in [-0.3, -0.25) is 4.79 Å². The van der Waals surface area contributed by atoms with Crippen molar-refractivity contribution in [1.29, 1.82) is 0 Å². The molecule has 0 atom stereocenters. The van der Waals surface area contributed by atoms with E-state index >= 15 is 0 Å². The summed E-state index contributed by atoms with van der Waals surface area (Å²) < 4.78 is 4.85. The standard InChI is InChI=1S/C8H16O2.Na/c1-3-5-6-8(9)10-7-4-2;/h3-7H2,1-2H3;.